The minimum atomic E-state index is -3.75. The second-order valence-electron chi connectivity index (χ2n) is 8.93. The number of amides is 1. The molecule has 0 radical (unpaired) electrons. The molecule has 1 N–H and O–H groups in total. The molecule has 1 spiro atoms. The molecule has 34 heavy (non-hydrogen) atoms. The summed E-state index contributed by atoms with van der Waals surface area (Å²) in [5.74, 6) is -0.646. The fraction of sp³-hybridized carbons (Fsp3) is 0.360. The van der Waals surface area contributed by atoms with Crippen LogP contribution >= 0.6 is 0 Å². The zero-order chi connectivity index (χ0) is 24.7. The molecule has 0 unspecified atom stereocenters. The molecule has 2 aromatic rings. The van der Waals surface area contributed by atoms with Gasteiger partial charge in [0.2, 0.25) is 5.91 Å². The molecule has 0 aromatic heterocycles. The van der Waals surface area contributed by atoms with Crippen molar-refractivity contribution in [3.8, 4) is 11.8 Å². The standard InChI is InChI=1S/C25H26FN3O4S/c1-16(2)19-13-18(14-21(26)23(19)34(3,31)32)33-11-10-29-8-6-25(7-9-29)20-12-17(15-27)4-5-22(20)28-24(25)30/h4-5,12-14H,1,6-11H2,2-3H3,(H,28,30). The molecule has 0 aliphatic carbocycles. The lowest BCUT2D eigenvalue weighted by Crippen LogP contribution is -2.47. The number of ether oxygens (including phenoxy) is 1. The third-order valence-corrected chi connectivity index (χ3v) is 7.74. The van der Waals surface area contributed by atoms with Gasteiger partial charge in [-0.25, -0.2) is 12.8 Å². The molecule has 0 atom stereocenters. The van der Waals surface area contributed by atoms with E-state index in [1.165, 1.54) is 6.07 Å². The van der Waals surface area contributed by atoms with E-state index in [0.29, 0.717) is 43.6 Å². The number of sulfone groups is 1. The van der Waals surface area contributed by atoms with Gasteiger partial charge in [-0.15, -0.1) is 0 Å². The summed E-state index contributed by atoms with van der Waals surface area (Å²) in [6.07, 6.45) is 2.21. The Morgan fingerprint density at radius 3 is 2.62 bits per heavy atom. The number of hydrogen-bond donors (Lipinski definition) is 1. The molecule has 9 heteroatoms. The van der Waals surface area contributed by atoms with Crippen molar-refractivity contribution in [3.63, 3.8) is 0 Å². The van der Waals surface area contributed by atoms with E-state index in [1.54, 1.807) is 25.1 Å². The predicted molar refractivity (Wildman–Crippen MR) is 127 cm³/mol. The van der Waals surface area contributed by atoms with Crippen molar-refractivity contribution < 1.29 is 22.3 Å². The lowest BCUT2D eigenvalue weighted by molar-refractivity contribution is -0.122. The van der Waals surface area contributed by atoms with Crippen LogP contribution in [0.3, 0.4) is 0 Å². The van der Waals surface area contributed by atoms with E-state index in [9.17, 15) is 22.9 Å². The molecule has 2 heterocycles. The van der Waals surface area contributed by atoms with E-state index in [-0.39, 0.29) is 28.7 Å². The molecule has 2 aliphatic heterocycles. The van der Waals surface area contributed by atoms with E-state index < -0.39 is 21.1 Å². The molecular formula is C25H26FN3O4S. The molecule has 2 aliphatic rings. The highest BCUT2D eigenvalue weighted by Gasteiger charge is 2.48. The van der Waals surface area contributed by atoms with Crippen molar-refractivity contribution in [2.24, 2.45) is 0 Å². The van der Waals surface area contributed by atoms with Crippen LogP contribution in [0.2, 0.25) is 0 Å². The van der Waals surface area contributed by atoms with Gasteiger partial charge in [0.1, 0.15) is 23.1 Å². The van der Waals surface area contributed by atoms with Crippen molar-refractivity contribution in [3.05, 3.63) is 59.4 Å². The molecule has 7 nitrogen and oxygen atoms in total. The highest BCUT2D eigenvalue weighted by molar-refractivity contribution is 7.90. The Labute approximate surface area is 198 Å². The first-order valence-electron chi connectivity index (χ1n) is 11.0. The van der Waals surface area contributed by atoms with Crippen molar-refractivity contribution in [2.75, 3.05) is 37.8 Å². The monoisotopic (exact) mass is 483 g/mol. The summed E-state index contributed by atoms with van der Waals surface area (Å²) in [5, 5.41) is 12.2. The van der Waals surface area contributed by atoms with Crippen LogP contribution < -0.4 is 10.1 Å². The van der Waals surface area contributed by atoms with Crippen LogP contribution in [0.1, 0.15) is 36.5 Å². The number of rotatable bonds is 6. The van der Waals surface area contributed by atoms with Gasteiger partial charge in [0, 0.05) is 30.1 Å². The third-order valence-electron chi connectivity index (χ3n) is 6.58. The van der Waals surface area contributed by atoms with E-state index >= 15 is 0 Å². The van der Waals surface area contributed by atoms with E-state index in [1.807, 2.05) is 0 Å². The van der Waals surface area contributed by atoms with Gasteiger partial charge in [0.25, 0.3) is 0 Å². The van der Waals surface area contributed by atoms with Gasteiger partial charge in [0.05, 0.1) is 17.0 Å². The summed E-state index contributed by atoms with van der Waals surface area (Å²) in [6.45, 7) is 7.57. The van der Waals surface area contributed by atoms with Crippen molar-refractivity contribution in [1.29, 1.82) is 5.26 Å². The maximum atomic E-state index is 14.6. The maximum absolute atomic E-state index is 14.6. The number of nitrogens with zero attached hydrogens (tertiary/aromatic N) is 2. The van der Waals surface area contributed by atoms with Crippen LogP contribution in [0.4, 0.5) is 10.1 Å². The van der Waals surface area contributed by atoms with Crippen molar-refractivity contribution in [1.82, 2.24) is 4.90 Å². The molecule has 2 aromatic carbocycles. The van der Waals surface area contributed by atoms with Gasteiger partial charge in [-0.1, -0.05) is 6.58 Å². The van der Waals surface area contributed by atoms with Gasteiger partial charge in [-0.3, -0.25) is 9.69 Å². The minimum Gasteiger partial charge on any atom is -0.492 e. The number of nitriles is 1. The zero-order valence-electron chi connectivity index (χ0n) is 19.2. The number of fused-ring (bicyclic) bond motifs is 2. The lowest BCUT2D eigenvalue weighted by atomic mass is 9.73. The molecule has 178 valence electrons. The number of hydrogen-bond acceptors (Lipinski definition) is 6. The number of carbonyl (C=O) groups is 1. The van der Waals surface area contributed by atoms with Gasteiger partial charge in [0.15, 0.2) is 9.84 Å². The van der Waals surface area contributed by atoms with Crippen molar-refractivity contribution in [2.45, 2.75) is 30.1 Å². The zero-order valence-corrected chi connectivity index (χ0v) is 20.0. The molecule has 1 saturated heterocycles. The third kappa shape index (κ3) is 4.31. The molecule has 0 saturated carbocycles. The second kappa shape index (κ2) is 8.85. The summed E-state index contributed by atoms with van der Waals surface area (Å²) in [7, 11) is -3.75. The number of anilines is 1. The van der Waals surface area contributed by atoms with Crippen LogP contribution in [-0.4, -0.2) is 51.7 Å². The first-order valence-corrected chi connectivity index (χ1v) is 12.8. The highest BCUT2D eigenvalue weighted by atomic mass is 32.2. The van der Waals surface area contributed by atoms with E-state index in [0.717, 1.165) is 23.6 Å². The van der Waals surface area contributed by atoms with Crippen LogP contribution in [-0.2, 0) is 20.0 Å². The molecular weight excluding hydrogens is 457 g/mol. The minimum absolute atomic E-state index is 0.0257. The summed E-state index contributed by atoms with van der Waals surface area (Å²) in [6, 6.07) is 10.0. The number of carbonyl (C=O) groups excluding carboxylic acids is 1. The first-order chi connectivity index (χ1) is 16.0. The quantitative estimate of drug-likeness (QED) is 0.675. The smallest absolute Gasteiger partial charge is 0.235 e. The van der Waals surface area contributed by atoms with Gasteiger partial charge >= 0.3 is 0 Å². The fourth-order valence-electron chi connectivity index (χ4n) is 4.78. The predicted octanol–water partition coefficient (Wildman–Crippen LogP) is 3.50. The summed E-state index contributed by atoms with van der Waals surface area (Å²) in [4.78, 5) is 14.6. The number of halogens is 1. The highest BCUT2D eigenvalue weighted by Crippen LogP contribution is 2.45. The average molecular weight is 484 g/mol. The Morgan fingerprint density at radius 1 is 1.29 bits per heavy atom. The summed E-state index contributed by atoms with van der Waals surface area (Å²) in [5.41, 5.74) is 2.21. The number of nitrogens with one attached hydrogen (secondary N) is 1. The summed E-state index contributed by atoms with van der Waals surface area (Å²) >= 11 is 0. The Kier molecular flexibility index (Phi) is 6.23. The van der Waals surface area contributed by atoms with E-state index in [4.69, 9.17) is 4.74 Å². The van der Waals surface area contributed by atoms with Gasteiger partial charge in [-0.05, 0) is 68.3 Å². The maximum Gasteiger partial charge on any atom is 0.235 e. The van der Waals surface area contributed by atoms with Crippen LogP contribution in [0.15, 0.2) is 41.8 Å². The topological polar surface area (TPSA) is 99.5 Å². The Bertz CT molecular complexity index is 1320. The molecule has 1 amide bonds. The van der Waals surface area contributed by atoms with Crippen LogP contribution in [0.25, 0.3) is 5.57 Å². The largest absolute Gasteiger partial charge is 0.492 e. The Hall–Kier alpha value is -3.22. The Morgan fingerprint density at radius 2 is 2.00 bits per heavy atom. The van der Waals surface area contributed by atoms with Gasteiger partial charge < -0.3 is 10.1 Å². The summed E-state index contributed by atoms with van der Waals surface area (Å²) < 4.78 is 44.3. The average Bonchev–Trinajstić information content (AvgIpc) is 3.04. The Balaban J connectivity index is 1.40. The number of likely N-dealkylation sites (tertiary alicyclic amines) is 1. The fourth-order valence-corrected chi connectivity index (χ4v) is 5.82. The normalized spacial score (nSPS) is 17.2. The molecule has 4 rings (SSSR count). The second-order valence-corrected chi connectivity index (χ2v) is 10.9. The van der Waals surface area contributed by atoms with Gasteiger partial charge in [-0.2, -0.15) is 5.26 Å². The first kappa shape index (κ1) is 23.9. The number of piperidine rings is 1. The molecule has 1 fully saturated rings. The lowest BCUT2D eigenvalue weighted by Gasteiger charge is -2.38. The SMILES string of the molecule is C=C(C)c1cc(OCCN2CCC3(CC2)C(=O)Nc2ccc(C#N)cc23)cc(F)c1S(C)(=O)=O. The van der Waals surface area contributed by atoms with Crippen LogP contribution in [0.5, 0.6) is 5.75 Å². The molecule has 0 bridgehead atoms. The van der Waals surface area contributed by atoms with E-state index in [2.05, 4.69) is 22.9 Å². The number of allylic oxidation sites excluding steroid dienone is 1. The van der Waals surface area contributed by atoms with Crippen LogP contribution in [0, 0.1) is 17.1 Å². The number of benzene rings is 2. The van der Waals surface area contributed by atoms with Crippen molar-refractivity contribution >= 4 is 27.0 Å².